The van der Waals surface area contributed by atoms with E-state index in [1.165, 1.54) is 0 Å². The van der Waals surface area contributed by atoms with Gasteiger partial charge in [0.15, 0.2) is 0 Å². The van der Waals surface area contributed by atoms with Crippen LogP contribution in [0.2, 0.25) is 0 Å². The van der Waals surface area contributed by atoms with Crippen LogP contribution in [0, 0.1) is 5.92 Å². The second-order valence-electron chi connectivity index (χ2n) is 11.3. The Morgan fingerprint density at radius 1 is 0.725 bits per heavy atom. The van der Waals surface area contributed by atoms with Gasteiger partial charge in [0.25, 0.3) is 0 Å². The molecule has 4 N–H and O–H groups in total. The Kier molecular flexibility index (Phi) is 12.6. The van der Waals surface area contributed by atoms with E-state index >= 15 is 0 Å². The van der Waals surface area contributed by atoms with E-state index < -0.39 is 47.6 Å². The number of carbonyl (C=O) groups is 4. The van der Waals surface area contributed by atoms with Gasteiger partial charge in [-0.1, -0.05) is 74.5 Å². The fourth-order valence-electron chi connectivity index (χ4n) is 4.13. The van der Waals surface area contributed by atoms with E-state index in [1.54, 1.807) is 20.8 Å². The standard InChI is InChI=1S/C31H43N3O6/c1-21(2)20-26(28(36)32-25(29(37)38)19-17-23-14-10-7-11-15-23)33-27(35)24(34-30(39)40-31(3,4)5)18-16-22-12-8-6-9-13-22/h6-15,21,24-26H,16-20H2,1-5H3,(H,32,36)(H,33,35)(H,34,39)(H,37,38)/t24-,25+,26-/m0/s1. The maximum absolute atomic E-state index is 13.4. The van der Waals surface area contributed by atoms with Crippen LogP contribution in [0.5, 0.6) is 0 Å². The number of carboxylic acid groups (broad SMARTS) is 1. The van der Waals surface area contributed by atoms with Crippen LogP contribution in [-0.4, -0.2) is 52.7 Å². The maximum Gasteiger partial charge on any atom is 0.408 e. The van der Waals surface area contributed by atoms with Crippen molar-refractivity contribution in [2.24, 2.45) is 5.92 Å². The van der Waals surface area contributed by atoms with Crippen molar-refractivity contribution in [1.29, 1.82) is 0 Å². The predicted octanol–water partition coefficient (Wildman–Crippen LogP) is 4.25. The Bertz CT molecular complexity index is 1100. The fraction of sp³-hybridized carbons (Fsp3) is 0.484. The zero-order valence-electron chi connectivity index (χ0n) is 24.1. The molecule has 9 heteroatoms. The number of aliphatic carboxylic acids is 1. The molecule has 2 aromatic rings. The topological polar surface area (TPSA) is 134 Å². The van der Waals surface area contributed by atoms with Crippen molar-refractivity contribution in [1.82, 2.24) is 16.0 Å². The molecule has 9 nitrogen and oxygen atoms in total. The van der Waals surface area contributed by atoms with E-state index in [4.69, 9.17) is 4.74 Å². The smallest absolute Gasteiger partial charge is 0.408 e. The lowest BCUT2D eigenvalue weighted by atomic mass is 10.00. The highest BCUT2D eigenvalue weighted by Gasteiger charge is 2.31. The molecule has 0 aliphatic heterocycles. The van der Waals surface area contributed by atoms with Crippen LogP contribution >= 0.6 is 0 Å². The Morgan fingerprint density at radius 2 is 1.18 bits per heavy atom. The van der Waals surface area contributed by atoms with E-state index in [9.17, 15) is 24.3 Å². The van der Waals surface area contributed by atoms with E-state index in [0.717, 1.165) is 11.1 Å². The Morgan fingerprint density at radius 3 is 1.62 bits per heavy atom. The largest absolute Gasteiger partial charge is 0.480 e. The third kappa shape index (κ3) is 12.3. The summed E-state index contributed by atoms with van der Waals surface area (Å²) in [5.74, 6) is -2.24. The molecule has 0 radical (unpaired) electrons. The van der Waals surface area contributed by atoms with Crippen molar-refractivity contribution < 1.29 is 29.0 Å². The van der Waals surface area contributed by atoms with Gasteiger partial charge in [-0.05, 0) is 69.9 Å². The van der Waals surface area contributed by atoms with Crippen LogP contribution in [0.15, 0.2) is 60.7 Å². The molecular formula is C31H43N3O6. The highest BCUT2D eigenvalue weighted by atomic mass is 16.6. The number of aryl methyl sites for hydroxylation is 2. The van der Waals surface area contributed by atoms with Crippen molar-refractivity contribution in [3.8, 4) is 0 Å². The first-order valence-corrected chi connectivity index (χ1v) is 13.7. The average Bonchev–Trinajstić information content (AvgIpc) is 2.88. The monoisotopic (exact) mass is 553 g/mol. The minimum Gasteiger partial charge on any atom is -0.480 e. The zero-order chi connectivity index (χ0) is 29.7. The highest BCUT2D eigenvalue weighted by Crippen LogP contribution is 2.12. The molecule has 40 heavy (non-hydrogen) atoms. The van der Waals surface area contributed by atoms with Gasteiger partial charge in [0.1, 0.15) is 23.7 Å². The molecule has 0 spiro atoms. The molecule has 0 saturated heterocycles. The molecular weight excluding hydrogens is 510 g/mol. The van der Waals surface area contributed by atoms with Gasteiger partial charge in [0.2, 0.25) is 11.8 Å². The third-order valence-corrected chi connectivity index (χ3v) is 6.09. The molecule has 0 aromatic heterocycles. The number of benzene rings is 2. The van der Waals surface area contributed by atoms with Gasteiger partial charge in [-0.25, -0.2) is 9.59 Å². The van der Waals surface area contributed by atoms with E-state index in [1.807, 2.05) is 74.5 Å². The molecule has 3 amide bonds. The van der Waals surface area contributed by atoms with Crippen molar-refractivity contribution >= 4 is 23.9 Å². The predicted molar refractivity (Wildman–Crippen MR) is 154 cm³/mol. The number of alkyl carbamates (subject to hydrolysis) is 1. The van der Waals surface area contributed by atoms with Gasteiger partial charge in [-0.3, -0.25) is 9.59 Å². The van der Waals surface area contributed by atoms with Gasteiger partial charge in [-0.15, -0.1) is 0 Å². The molecule has 2 rings (SSSR count). The summed E-state index contributed by atoms with van der Waals surface area (Å²) in [5, 5.41) is 17.7. The zero-order valence-corrected chi connectivity index (χ0v) is 24.1. The summed E-state index contributed by atoms with van der Waals surface area (Å²) in [6.07, 6.45) is 1.02. The van der Waals surface area contributed by atoms with E-state index in [2.05, 4.69) is 16.0 Å². The van der Waals surface area contributed by atoms with Crippen LogP contribution in [0.4, 0.5) is 4.79 Å². The Hall–Kier alpha value is -3.88. The summed E-state index contributed by atoms with van der Waals surface area (Å²) in [5.41, 5.74) is 1.20. The van der Waals surface area contributed by atoms with E-state index in [-0.39, 0.29) is 18.8 Å². The summed E-state index contributed by atoms with van der Waals surface area (Å²) in [6, 6.07) is 15.9. The highest BCUT2D eigenvalue weighted by molar-refractivity contribution is 5.92. The van der Waals surface area contributed by atoms with Crippen molar-refractivity contribution in [2.45, 2.75) is 90.4 Å². The molecule has 218 valence electrons. The molecule has 0 unspecified atom stereocenters. The summed E-state index contributed by atoms with van der Waals surface area (Å²) >= 11 is 0. The Labute approximate surface area is 237 Å². The summed E-state index contributed by atoms with van der Waals surface area (Å²) in [4.78, 5) is 51.1. The number of hydrogen-bond donors (Lipinski definition) is 4. The third-order valence-electron chi connectivity index (χ3n) is 6.09. The first-order chi connectivity index (χ1) is 18.8. The second-order valence-corrected chi connectivity index (χ2v) is 11.3. The van der Waals surface area contributed by atoms with Crippen LogP contribution in [0.1, 0.15) is 65.0 Å². The molecule has 0 aliphatic rings. The van der Waals surface area contributed by atoms with Gasteiger partial charge in [-0.2, -0.15) is 0 Å². The second kappa shape index (κ2) is 15.6. The normalized spacial score (nSPS) is 13.6. The number of carboxylic acids is 1. The van der Waals surface area contributed by atoms with Crippen molar-refractivity contribution in [2.75, 3.05) is 0 Å². The van der Waals surface area contributed by atoms with Crippen LogP contribution < -0.4 is 16.0 Å². The van der Waals surface area contributed by atoms with Gasteiger partial charge in [0.05, 0.1) is 0 Å². The van der Waals surface area contributed by atoms with Crippen molar-refractivity contribution in [3.05, 3.63) is 71.8 Å². The van der Waals surface area contributed by atoms with Crippen LogP contribution in [-0.2, 0) is 32.0 Å². The van der Waals surface area contributed by atoms with Crippen LogP contribution in [0.3, 0.4) is 0 Å². The number of carbonyl (C=O) groups excluding carboxylic acids is 3. The maximum atomic E-state index is 13.4. The minimum absolute atomic E-state index is 0.0326. The lowest BCUT2D eigenvalue weighted by Crippen LogP contribution is -2.56. The number of ether oxygens (including phenoxy) is 1. The number of amides is 3. The average molecular weight is 554 g/mol. The SMILES string of the molecule is CC(C)C[C@H](NC(=O)[C@H](CCc1ccccc1)NC(=O)OC(C)(C)C)C(=O)N[C@H](CCc1ccccc1)C(=O)O. The molecule has 3 atom stereocenters. The molecule has 0 saturated carbocycles. The summed E-state index contributed by atoms with van der Waals surface area (Å²) < 4.78 is 5.36. The number of rotatable bonds is 14. The molecule has 0 bridgehead atoms. The van der Waals surface area contributed by atoms with Crippen LogP contribution in [0.25, 0.3) is 0 Å². The lowest BCUT2D eigenvalue weighted by molar-refractivity contribution is -0.142. The lowest BCUT2D eigenvalue weighted by Gasteiger charge is -2.26. The van der Waals surface area contributed by atoms with Gasteiger partial charge in [0, 0.05) is 0 Å². The van der Waals surface area contributed by atoms with Crippen molar-refractivity contribution in [3.63, 3.8) is 0 Å². The van der Waals surface area contributed by atoms with E-state index in [0.29, 0.717) is 19.3 Å². The first-order valence-electron chi connectivity index (χ1n) is 13.7. The summed E-state index contributed by atoms with van der Waals surface area (Å²) in [7, 11) is 0. The molecule has 0 heterocycles. The minimum atomic E-state index is -1.15. The quantitative estimate of drug-likeness (QED) is 0.276. The molecule has 2 aromatic carbocycles. The number of hydrogen-bond acceptors (Lipinski definition) is 5. The fourth-order valence-corrected chi connectivity index (χ4v) is 4.13. The Balaban J connectivity index is 2.14. The van der Waals surface area contributed by atoms with Gasteiger partial charge >= 0.3 is 12.1 Å². The first kappa shape index (κ1) is 32.3. The molecule has 0 aliphatic carbocycles. The summed E-state index contributed by atoms with van der Waals surface area (Å²) in [6.45, 7) is 8.99. The van der Waals surface area contributed by atoms with Gasteiger partial charge < -0.3 is 25.8 Å². The number of nitrogens with one attached hydrogen (secondary N) is 3. The molecule has 0 fully saturated rings.